The molecule has 3 aromatic heterocycles. The summed E-state index contributed by atoms with van der Waals surface area (Å²) in [6.45, 7) is 2.47. The van der Waals surface area contributed by atoms with Crippen LogP contribution in [0.1, 0.15) is 30.5 Å². The minimum atomic E-state index is -0.489. The molecule has 0 saturated carbocycles. The summed E-state index contributed by atoms with van der Waals surface area (Å²) in [6.07, 6.45) is 3.11. The molecular formula is C18H20N4O2S. The lowest BCUT2D eigenvalue weighted by molar-refractivity contribution is 0.0511. The molecule has 7 heteroatoms. The van der Waals surface area contributed by atoms with Gasteiger partial charge in [-0.3, -0.25) is 9.88 Å². The fraction of sp³-hybridized carbons (Fsp3) is 0.389. The van der Waals surface area contributed by atoms with E-state index < -0.39 is 6.10 Å². The maximum absolute atomic E-state index is 10.5. The van der Waals surface area contributed by atoms with E-state index in [4.69, 9.17) is 4.52 Å². The number of piperidine rings is 1. The Morgan fingerprint density at radius 2 is 2.12 bits per heavy atom. The number of pyridine rings is 1. The van der Waals surface area contributed by atoms with Crippen LogP contribution in [0, 0.1) is 5.92 Å². The van der Waals surface area contributed by atoms with Gasteiger partial charge in [-0.05, 0) is 55.4 Å². The van der Waals surface area contributed by atoms with Crippen molar-refractivity contribution in [1.29, 1.82) is 0 Å². The topological polar surface area (TPSA) is 75.3 Å². The molecule has 1 aliphatic rings. The quantitative estimate of drug-likeness (QED) is 0.757. The van der Waals surface area contributed by atoms with E-state index in [0.717, 1.165) is 36.5 Å². The largest absolute Gasteiger partial charge is 0.387 e. The summed E-state index contributed by atoms with van der Waals surface area (Å²) in [5, 5.41) is 16.6. The van der Waals surface area contributed by atoms with Crippen molar-refractivity contribution >= 4 is 11.3 Å². The molecule has 1 saturated heterocycles. The second-order valence-electron chi connectivity index (χ2n) is 6.30. The van der Waals surface area contributed by atoms with Gasteiger partial charge in [-0.15, -0.1) is 11.3 Å². The standard InChI is InChI=1S/C18H20N4O2S/c23-17(14-4-1-2-8-19-14)13-6-9-22(10-7-13)12-16-20-18(21-24-16)15-5-3-11-25-15/h1-5,8,11,13,17,23H,6-7,9-10,12H2/t17-/m1/s1. The number of hydrogen-bond acceptors (Lipinski definition) is 7. The highest BCUT2D eigenvalue weighted by Crippen LogP contribution is 2.30. The molecule has 4 heterocycles. The Bertz CT molecular complexity index is 783. The van der Waals surface area contributed by atoms with E-state index in [0.29, 0.717) is 18.3 Å². The number of aromatic nitrogens is 3. The molecule has 3 aromatic rings. The SMILES string of the molecule is O[C@@H](c1ccccn1)C1CCN(Cc2nc(-c3cccs3)no2)CC1. The first kappa shape index (κ1) is 16.4. The van der Waals surface area contributed by atoms with Crippen LogP contribution >= 0.6 is 11.3 Å². The van der Waals surface area contributed by atoms with Gasteiger partial charge in [0.1, 0.15) is 0 Å². The van der Waals surface area contributed by atoms with Crippen LogP contribution in [0.15, 0.2) is 46.4 Å². The molecule has 25 heavy (non-hydrogen) atoms. The van der Waals surface area contributed by atoms with Gasteiger partial charge in [0.05, 0.1) is 23.2 Å². The fourth-order valence-corrected chi connectivity index (χ4v) is 3.88. The monoisotopic (exact) mass is 356 g/mol. The van der Waals surface area contributed by atoms with Crippen LogP contribution in [0.25, 0.3) is 10.7 Å². The molecule has 0 bridgehead atoms. The maximum atomic E-state index is 10.5. The van der Waals surface area contributed by atoms with E-state index in [-0.39, 0.29) is 5.92 Å². The average molecular weight is 356 g/mol. The third-order valence-electron chi connectivity index (χ3n) is 4.64. The molecule has 1 fully saturated rings. The number of rotatable bonds is 5. The van der Waals surface area contributed by atoms with E-state index in [1.165, 1.54) is 0 Å². The molecular weight excluding hydrogens is 336 g/mol. The first-order valence-corrected chi connectivity index (χ1v) is 9.35. The summed E-state index contributed by atoms with van der Waals surface area (Å²) in [5.41, 5.74) is 0.762. The number of hydrogen-bond donors (Lipinski definition) is 1. The number of thiophene rings is 1. The lowest BCUT2D eigenvalue weighted by Crippen LogP contribution is -2.35. The predicted octanol–water partition coefficient (Wildman–Crippen LogP) is 3.14. The van der Waals surface area contributed by atoms with Crippen molar-refractivity contribution in [1.82, 2.24) is 20.0 Å². The number of aliphatic hydroxyl groups excluding tert-OH is 1. The van der Waals surface area contributed by atoms with E-state index in [1.807, 2.05) is 35.7 Å². The second kappa shape index (κ2) is 7.43. The summed E-state index contributed by atoms with van der Waals surface area (Å²) in [4.78, 5) is 12.1. The summed E-state index contributed by atoms with van der Waals surface area (Å²) in [5.74, 6) is 1.55. The Kier molecular flexibility index (Phi) is 4.87. The number of likely N-dealkylation sites (tertiary alicyclic amines) is 1. The van der Waals surface area contributed by atoms with Crippen LogP contribution in [0.4, 0.5) is 0 Å². The molecule has 0 spiro atoms. The maximum Gasteiger partial charge on any atom is 0.241 e. The summed E-state index contributed by atoms with van der Waals surface area (Å²) >= 11 is 1.60. The molecule has 0 amide bonds. The van der Waals surface area contributed by atoms with Gasteiger partial charge in [0.25, 0.3) is 0 Å². The molecule has 1 aliphatic heterocycles. The van der Waals surface area contributed by atoms with Gasteiger partial charge < -0.3 is 9.63 Å². The highest BCUT2D eigenvalue weighted by Gasteiger charge is 2.27. The minimum Gasteiger partial charge on any atom is -0.387 e. The summed E-state index contributed by atoms with van der Waals surface area (Å²) in [7, 11) is 0. The third kappa shape index (κ3) is 3.78. The van der Waals surface area contributed by atoms with Crippen LogP contribution in [0.2, 0.25) is 0 Å². The van der Waals surface area contributed by atoms with Crippen molar-refractivity contribution in [3.63, 3.8) is 0 Å². The van der Waals surface area contributed by atoms with Gasteiger partial charge in [0, 0.05) is 6.20 Å². The molecule has 1 atom stereocenters. The van der Waals surface area contributed by atoms with E-state index in [9.17, 15) is 5.11 Å². The van der Waals surface area contributed by atoms with Gasteiger partial charge in [-0.25, -0.2) is 0 Å². The van der Waals surface area contributed by atoms with Gasteiger partial charge in [-0.1, -0.05) is 17.3 Å². The molecule has 0 aliphatic carbocycles. The van der Waals surface area contributed by atoms with E-state index in [1.54, 1.807) is 17.5 Å². The van der Waals surface area contributed by atoms with Crippen LogP contribution in [-0.4, -0.2) is 38.2 Å². The first-order chi connectivity index (χ1) is 12.3. The van der Waals surface area contributed by atoms with E-state index in [2.05, 4.69) is 20.0 Å². The van der Waals surface area contributed by atoms with Gasteiger partial charge in [-0.2, -0.15) is 4.98 Å². The first-order valence-electron chi connectivity index (χ1n) is 8.47. The van der Waals surface area contributed by atoms with Crippen molar-refractivity contribution in [2.75, 3.05) is 13.1 Å². The van der Waals surface area contributed by atoms with Gasteiger partial charge >= 0.3 is 0 Å². The van der Waals surface area contributed by atoms with E-state index >= 15 is 0 Å². The Hall–Kier alpha value is -2.09. The molecule has 0 aromatic carbocycles. The van der Waals surface area contributed by atoms with Crippen LogP contribution < -0.4 is 0 Å². The van der Waals surface area contributed by atoms with Gasteiger partial charge in [0.15, 0.2) is 0 Å². The van der Waals surface area contributed by atoms with Crippen molar-refractivity contribution in [3.05, 3.63) is 53.5 Å². The smallest absolute Gasteiger partial charge is 0.241 e. The molecule has 0 radical (unpaired) electrons. The molecule has 6 nitrogen and oxygen atoms in total. The molecule has 0 unspecified atom stereocenters. The van der Waals surface area contributed by atoms with Gasteiger partial charge in [0.2, 0.25) is 11.7 Å². The van der Waals surface area contributed by atoms with Crippen molar-refractivity contribution < 1.29 is 9.63 Å². The normalized spacial score (nSPS) is 17.6. The molecule has 130 valence electrons. The average Bonchev–Trinajstić information content (AvgIpc) is 3.34. The zero-order valence-electron chi connectivity index (χ0n) is 13.8. The zero-order chi connectivity index (χ0) is 17.1. The Balaban J connectivity index is 1.32. The Morgan fingerprint density at radius 1 is 1.24 bits per heavy atom. The number of nitrogens with zero attached hydrogens (tertiary/aromatic N) is 4. The third-order valence-corrected chi connectivity index (χ3v) is 5.50. The highest BCUT2D eigenvalue weighted by molar-refractivity contribution is 7.13. The van der Waals surface area contributed by atoms with Crippen LogP contribution in [0.5, 0.6) is 0 Å². The summed E-state index contributed by atoms with van der Waals surface area (Å²) in [6, 6.07) is 9.65. The predicted molar refractivity (Wildman–Crippen MR) is 94.8 cm³/mol. The lowest BCUT2D eigenvalue weighted by atomic mass is 9.89. The fourth-order valence-electron chi connectivity index (χ4n) is 3.24. The Labute approximate surface area is 150 Å². The van der Waals surface area contributed by atoms with Crippen LogP contribution in [0.3, 0.4) is 0 Å². The minimum absolute atomic E-state index is 0.246. The molecule has 1 N–H and O–H groups in total. The molecule has 4 rings (SSSR count). The van der Waals surface area contributed by atoms with Crippen molar-refractivity contribution in [3.8, 4) is 10.7 Å². The van der Waals surface area contributed by atoms with Crippen LogP contribution in [-0.2, 0) is 6.54 Å². The second-order valence-corrected chi connectivity index (χ2v) is 7.25. The number of aliphatic hydroxyl groups is 1. The van der Waals surface area contributed by atoms with Crippen molar-refractivity contribution in [2.45, 2.75) is 25.5 Å². The lowest BCUT2D eigenvalue weighted by Gasteiger charge is -2.33. The Morgan fingerprint density at radius 3 is 2.84 bits per heavy atom. The zero-order valence-corrected chi connectivity index (χ0v) is 14.6. The highest BCUT2D eigenvalue weighted by atomic mass is 32.1. The van der Waals surface area contributed by atoms with Crippen molar-refractivity contribution in [2.24, 2.45) is 5.92 Å². The summed E-state index contributed by atoms with van der Waals surface area (Å²) < 4.78 is 5.38.